The fraction of sp³-hybridized carbons (Fsp3) is 0.533. The van der Waals surface area contributed by atoms with Gasteiger partial charge in [-0.05, 0) is 38.3 Å². The van der Waals surface area contributed by atoms with Crippen molar-refractivity contribution >= 4 is 11.7 Å². The van der Waals surface area contributed by atoms with Crippen LogP contribution < -0.4 is 5.73 Å². The van der Waals surface area contributed by atoms with Crippen LogP contribution in [0, 0.1) is 6.92 Å². The number of aryl methyl sites for hydroxylation is 1. The van der Waals surface area contributed by atoms with Crippen molar-refractivity contribution in [2.75, 3.05) is 12.8 Å². The van der Waals surface area contributed by atoms with Crippen LogP contribution in [0.1, 0.15) is 41.6 Å². The summed E-state index contributed by atoms with van der Waals surface area (Å²) in [7, 11) is 1.70. The molecule has 0 amide bonds. The molecule has 2 unspecified atom stereocenters. The van der Waals surface area contributed by atoms with E-state index in [1.54, 1.807) is 19.2 Å². The van der Waals surface area contributed by atoms with E-state index in [1.807, 2.05) is 13.0 Å². The summed E-state index contributed by atoms with van der Waals surface area (Å²) in [4.78, 5) is 12.1. The Balaban J connectivity index is 2.02. The van der Waals surface area contributed by atoms with Crippen LogP contribution in [-0.2, 0) is 9.47 Å². The first-order valence-corrected chi connectivity index (χ1v) is 6.70. The molecule has 19 heavy (non-hydrogen) atoms. The SMILES string of the molecule is COC1CCCC(OC(=O)c2cc(C)ccc2N)C1. The van der Waals surface area contributed by atoms with Crippen LogP contribution in [0.5, 0.6) is 0 Å². The van der Waals surface area contributed by atoms with Gasteiger partial charge in [-0.25, -0.2) is 4.79 Å². The largest absolute Gasteiger partial charge is 0.459 e. The minimum absolute atomic E-state index is 0.0638. The number of hydrogen-bond acceptors (Lipinski definition) is 4. The Morgan fingerprint density at radius 2 is 2.05 bits per heavy atom. The van der Waals surface area contributed by atoms with Gasteiger partial charge in [0.05, 0.1) is 11.7 Å². The van der Waals surface area contributed by atoms with Crippen LogP contribution >= 0.6 is 0 Å². The zero-order chi connectivity index (χ0) is 13.8. The average Bonchev–Trinajstić information content (AvgIpc) is 2.41. The molecule has 1 saturated carbocycles. The monoisotopic (exact) mass is 263 g/mol. The number of nitrogen functional groups attached to an aromatic ring is 1. The lowest BCUT2D eigenvalue weighted by Crippen LogP contribution is -2.29. The molecule has 2 N–H and O–H groups in total. The lowest BCUT2D eigenvalue weighted by Gasteiger charge is -2.28. The molecular formula is C15H21NO3. The van der Waals surface area contributed by atoms with Gasteiger partial charge in [-0.15, -0.1) is 0 Å². The number of anilines is 1. The molecule has 1 aliphatic carbocycles. The lowest BCUT2D eigenvalue weighted by atomic mass is 9.95. The molecule has 2 atom stereocenters. The second kappa shape index (κ2) is 6.06. The van der Waals surface area contributed by atoms with Gasteiger partial charge in [-0.3, -0.25) is 0 Å². The number of rotatable bonds is 3. The molecule has 0 spiro atoms. The maximum Gasteiger partial charge on any atom is 0.340 e. The van der Waals surface area contributed by atoms with Crippen LogP contribution in [0.3, 0.4) is 0 Å². The predicted molar refractivity (Wildman–Crippen MR) is 74.1 cm³/mol. The van der Waals surface area contributed by atoms with E-state index in [0.29, 0.717) is 11.3 Å². The molecule has 4 heteroatoms. The van der Waals surface area contributed by atoms with Gasteiger partial charge in [0.25, 0.3) is 0 Å². The van der Waals surface area contributed by atoms with E-state index in [4.69, 9.17) is 15.2 Å². The molecule has 0 aromatic heterocycles. The van der Waals surface area contributed by atoms with E-state index in [9.17, 15) is 4.79 Å². The first-order chi connectivity index (χ1) is 9.10. The van der Waals surface area contributed by atoms with Gasteiger partial charge in [0.1, 0.15) is 6.10 Å². The van der Waals surface area contributed by atoms with Gasteiger partial charge in [-0.2, -0.15) is 0 Å². The summed E-state index contributed by atoms with van der Waals surface area (Å²) in [6, 6.07) is 5.40. The maximum atomic E-state index is 12.1. The van der Waals surface area contributed by atoms with Gasteiger partial charge in [0, 0.05) is 19.2 Å². The van der Waals surface area contributed by atoms with E-state index in [2.05, 4.69) is 0 Å². The summed E-state index contributed by atoms with van der Waals surface area (Å²) in [5.41, 5.74) is 7.75. The van der Waals surface area contributed by atoms with Crippen LogP contribution in [0.25, 0.3) is 0 Å². The molecule has 104 valence electrons. The summed E-state index contributed by atoms with van der Waals surface area (Å²) < 4.78 is 10.9. The standard InChI is InChI=1S/C15H21NO3/c1-10-6-7-14(16)13(8-10)15(17)19-12-5-3-4-11(9-12)18-2/h6-8,11-12H,3-5,9,16H2,1-2H3. The quantitative estimate of drug-likeness (QED) is 0.672. The zero-order valence-electron chi connectivity index (χ0n) is 11.5. The first kappa shape index (κ1) is 13.9. The summed E-state index contributed by atoms with van der Waals surface area (Å²) >= 11 is 0. The third-order valence-corrected chi connectivity index (χ3v) is 3.61. The summed E-state index contributed by atoms with van der Waals surface area (Å²) in [5.74, 6) is -0.331. The molecule has 1 aromatic carbocycles. The molecule has 4 nitrogen and oxygen atoms in total. The Morgan fingerprint density at radius 1 is 1.32 bits per heavy atom. The zero-order valence-corrected chi connectivity index (χ0v) is 11.5. The fourth-order valence-electron chi connectivity index (χ4n) is 2.48. The topological polar surface area (TPSA) is 61.5 Å². The highest BCUT2D eigenvalue weighted by atomic mass is 16.5. The molecule has 0 bridgehead atoms. The summed E-state index contributed by atoms with van der Waals surface area (Å²) in [5, 5.41) is 0. The van der Waals surface area contributed by atoms with Gasteiger partial charge < -0.3 is 15.2 Å². The van der Waals surface area contributed by atoms with Gasteiger partial charge in [0.15, 0.2) is 0 Å². The molecule has 0 saturated heterocycles. The molecule has 2 rings (SSSR count). The number of methoxy groups -OCH3 is 1. The first-order valence-electron chi connectivity index (χ1n) is 6.70. The van der Waals surface area contributed by atoms with Gasteiger partial charge in [0.2, 0.25) is 0 Å². The highest BCUT2D eigenvalue weighted by Crippen LogP contribution is 2.25. The van der Waals surface area contributed by atoms with Crippen molar-refractivity contribution in [2.45, 2.75) is 44.8 Å². The molecule has 0 radical (unpaired) electrons. The number of carbonyl (C=O) groups is 1. The number of ether oxygens (including phenoxy) is 2. The smallest absolute Gasteiger partial charge is 0.340 e. The number of esters is 1. The number of benzene rings is 1. The highest BCUT2D eigenvalue weighted by Gasteiger charge is 2.25. The predicted octanol–water partition coefficient (Wildman–Crippen LogP) is 2.69. The van der Waals surface area contributed by atoms with E-state index in [-0.39, 0.29) is 18.2 Å². The Kier molecular flexibility index (Phi) is 4.43. The third kappa shape index (κ3) is 3.47. The van der Waals surface area contributed by atoms with Crippen molar-refractivity contribution in [1.82, 2.24) is 0 Å². The summed E-state index contributed by atoms with van der Waals surface area (Å²) in [6.45, 7) is 1.93. The molecule has 1 fully saturated rings. The number of hydrogen-bond donors (Lipinski definition) is 1. The van der Waals surface area contributed by atoms with Crippen molar-refractivity contribution in [2.24, 2.45) is 0 Å². The number of carbonyl (C=O) groups excluding carboxylic acids is 1. The van der Waals surface area contributed by atoms with E-state index in [1.165, 1.54) is 0 Å². The van der Waals surface area contributed by atoms with Crippen LogP contribution in [0.4, 0.5) is 5.69 Å². The molecule has 1 aliphatic rings. The number of nitrogens with two attached hydrogens (primary N) is 1. The molecule has 1 aromatic rings. The Hall–Kier alpha value is -1.55. The van der Waals surface area contributed by atoms with Crippen LogP contribution in [0.15, 0.2) is 18.2 Å². The minimum atomic E-state index is -0.331. The third-order valence-electron chi connectivity index (χ3n) is 3.61. The van der Waals surface area contributed by atoms with Crippen molar-refractivity contribution in [1.29, 1.82) is 0 Å². The molecule has 0 aliphatic heterocycles. The van der Waals surface area contributed by atoms with E-state index < -0.39 is 0 Å². The normalized spacial score (nSPS) is 23.1. The Labute approximate surface area is 113 Å². The second-order valence-corrected chi connectivity index (χ2v) is 5.14. The van der Waals surface area contributed by atoms with E-state index in [0.717, 1.165) is 31.2 Å². The van der Waals surface area contributed by atoms with Crippen LogP contribution in [-0.4, -0.2) is 25.3 Å². The van der Waals surface area contributed by atoms with Crippen molar-refractivity contribution < 1.29 is 14.3 Å². The Morgan fingerprint density at radius 3 is 2.79 bits per heavy atom. The Bertz CT molecular complexity index is 459. The van der Waals surface area contributed by atoms with Gasteiger partial charge >= 0.3 is 5.97 Å². The van der Waals surface area contributed by atoms with Gasteiger partial charge in [-0.1, -0.05) is 11.6 Å². The average molecular weight is 263 g/mol. The lowest BCUT2D eigenvalue weighted by molar-refractivity contribution is -0.0148. The minimum Gasteiger partial charge on any atom is -0.459 e. The maximum absolute atomic E-state index is 12.1. The van der Waals surface area contributed by atoms with Crippen molar-refractivity contribution in [3.8, 4) is 0 Å². The molecule has 0 heterocycles. The fourth-order valence-corrected chi connectivity index (χ4v) is 2.48. The van der Waals surface area contributed by atoms with Crippen LogP contribution in [0.2, 0.25) is 0 Å². The van der Waals surface area contributed by atoms with Crippen molar-refractivity contribution in [3.63, 3.8) is 0 Å². The van der Waals surface area contributed by atoms with Crippen molar-refractivity contribution in [3.05, 3.63) is 29.3 Å². The summed E-state index contributed by atoms with van der Waals surface area (Å²) in [6.07, 6.45) is 3.87. The van der Waals surface area contributed by atoms with E-state index >= 15 is 0 Å². The molecular weight excluding hydrogens is 242 g/mol. The second-order valence-electron chi connectivity index (χ2n) is 5.14. The highest BCUT2D eigenvalue weighted by molar-refractivity contribution is 5.95.